The number of fused-ring (bicyclic) bond motifs is 1. The van der Waals surface area contributed by atoms with Gasteiger partial charge >= 0.3 is 6.03 Å². The van der Waals surface area contributed by atoms with Crippen LogP contribution in [0.2, 0.25) is 0 Å². The molecule has 0 unspecified atom stereocenters. The first-order chi connectivity index (χ1) is 17.6. The molecule has 4 aromatic rings. The van der Waals surface area contributed by atoms with Crippen LogP contribution >= 0.6 is 27.3 Å². The topological polar surface area (TPSA) is 78.5 Å². The minimum atomic E-state index is -0.276. The molecule has 1 fully saturated rings. The number of nitrogens with one attached hydrogen (secondary N) is 3. The fourth-order valence-corrected chi connectivity index (χ4v) is 5.21. The zero-order valence-electron chi connectivity index (χ0n) is 19.8. The number of halogens is 1. The van der Waals surface area contributed by atoms with Crippen LogP contribution in [0.1, 0.15) is 11.1 Å². The number of thiazole rings is 1. The highest BCUT2D eigenvalue weighted by Crippen LogP contribution is 2.27. The Labute approximate surface area is 223 Å². The van der Waals surface area contributed by atoms with Gasteiger partial charge in [0.15, 0.2) is 5.13 Å². The number of anilines is 3. The number of amides is 2. The molecule has 0 spiro atoms. The molecular weight excluding hydrogens is 538 g/mol. The Morgan fingerprint density at radius 1 is 0.944 bits per heavy atom. The zero-order chi connectivity index (χ0) is 24.7. The van der Waals surface area contributed by atoms with Gasteiger partial charge in [-0.05, 0) is 66.1 Å². The maximum absolute atomic E-state index is 12.2. The van der Waals surface area contributed by atoms with Crippen LogP contribution in [0.5, 0.6) is 0 Å². The molecule has 0 radical (unpaired) electrons. The molecular formula is C27H28BrN5O2S. The Bertz CT molecular complexity index is 1300. The van der Waals surface area contributed by atoms with E-state index in [4.69, 9.17) is 9.72 Å². The third kappa shape index (κ3) is 6.82. The maximum atomic E-state index is 12.2. The highest BCUT2D eigenvalue weighted by atomic mass is 79.9. The molecule has 186 valence electrons. The third-order valence-electron chi connectivity index (χ3n) is 6.03. The molecule has 0 atom stereocenters. The van der Waals surface area contributed by atoms with Crippen LogP contribution in [-0.2, 0) is 17.7 Å². The van der Waals surface area contributed by atoms with Crippen molar-refractivity contribution in [3.05, 3.63) is 82.3 Å². The van der Waals surface area contributed by atoms with E-state index < -0.39 is 0 Å². The normalized spacial score (nSPS) is 14.0. The van der Waals surface area contributed by atoms with E-state index in [1.54, 1.807) is 11.3 Å². The highest BCUT2D eigenvalue weighted by molar-refractivity contribution is 9.10. The molecule has 2 heterocycles. The van der Waals surface area contributed by atoms with E-state index in [0.29, 0.717) is 6.54 Å². The molecule has 1 aliphatic rings. The second-order valence-corrected chi connectivity index (χ2v) is 10.6. The van der Waals surface area contributed by atoms with Crippen molar-refractivity contribution >= 4 is 60.0 Å². The average Bonchev–Trinajstić information content (AvgIpc) is 3.31. The van der Waals surface area contributed by atoms with Gasteiger partial charge in [0, 0.05) is 42.0 Å². The summed E-state index contributed by atoms with van der Waals surface area (Å²) in [6.45, 7) is 5.44. The number of urea groups is 1. The van der Waals surface area contributed by atoms with E-state index in [0.717, 1.165) is 71.3 Å². The molecule has 0 saturated carbocycles. The molecule has 0 aliphatic carbocycles. The molecule has 36 heavy (non-hydrogen) atoms. The summed E-state index contributed by atoms with van der Waals surface area (Å²) in [4.78, 5) is 19.4. The summed E-state index contributed by atoms with van der Waals surface area (Å²) in [5.74, 6) is 0. The van der Waals surface area contributed by atoms with Crippen LogP contribution in [0.25, 0.3) is 10.2 Å². The van der Waals surface area contributed by atoms with Crippen molar-refractivity contribution in [1.82, 2.24) is 9.88 Å². The predicted octanol–water partition coefficient (Wildman–Crippen LogP) is 6.19. The first kappa shape index (κ1) is 24.7. The summed E-state index contributed by atoms with van der Waals surface area (Å²) in [6, 6.07) is 21.5. The van der Waals surface area contributed by atoms with Crippen LogP contribution in [-0.4, -0.2) is 48.8 Å². The molecule has 2 amide bonds. The summed E-state index contributed by atoms with van der Waals surface area (Å²) >= 11 is 5.07. The Kier molecular flexibility index (Phi) is 8.12. The summed E-state index contributed by atoms with van der Waals surface area (Å²) in [5.41, 5.74) is 4.94. The van der Waals surface area contributed by atoms with Crippen molar-refractivity contribution < 1.29 is 9.53 Å². The SMILES string of the molecule is O=C(Nc1ccc(Br)cc1)Nc1ccc(CNc2nc3ccc(CCN4CCOCC4)cc3s2)cc1. The Morgan fingerprint density at radius 2 is 1.61 bits per heavy atom. The quantitative estimate of drug-likeness (QED) is 0.237. The number of ether oxygens (including phenoxy) is 1. The lowest BCUT2D eigenvalue weighted by atomic mass is 10.1. The number of aromatic nitrogens is 1. The minimum absolute atomic E-state index is 0.276. The number of rotatable bonds is 8. The summed E-state index contributed by atoms with van der Waals surface area (Å²) in [7, 11) is 0. The summed E-state index contributed by atoms with van der Waals surface area (Å²) in [6.07, 6.45) is 1.04. The van der Waals surface area contributed by atoms with Gasteiger partial charge < -0.3 is 20.7 Å². The van der Waals surface area contributed by atoms with Gasteiger partial charge in [0.25, 0.3) is 0 Å². The summed E-state index contributed by atoms with van der Waals surface area (Å²) < 4.78 is 7.60. The molecule has 1 aromatic heterocycles. The van der Waals surface area contributed by atoms with Gasteiger partial charge in [-0.2, -0.15) is 0 Å². The van der Waals surface area contributed by atoms with Crippen molar-refractivity contribution in [3.63, 3.8) is 0 Å². The smallest absolute Gasteiger partial charge is 0.323 e. The lowest BCUT2D eigenvalue weighted by molar-refractivity contribution is 0.0384. The number of carbonyl (C=O) groups excluding carboxylic acids is 1. The van der Waals surface area contributed by atoms with Gasteiger partial charge in [-0.15, -0.1) is 0 Å². The van der Waals surface area contributed by atoms with Gasteiger partial charge in [0.05, 0.1) is 23.4 Å². The second kappa shape index (κ2) is 11.8. The van der Waals surface area contributed by atoms with E-state index >= 15 is 0 Å². The van der Waals surface area contributed by atoms with Crippen LogP contribution in [0.3, 0.4) is 0 Å². The van der Waals surface area contributed by atoms with E-state index in [9.17, 15) is 4.79 Å². The standard InChI is InChI=1S/C27H28BrN5O2S/c28-21-4-8-23(9-5-21)31-26(34)30-22-6-1-20(2-7-22)18-29-27-32-24-10-3-19(17-25(24)36-27)11-12-33-13-15-35-16-14-33/h1-10,17H,11-16,18H2,(H,29,32)(H2,30,31,34). The molecule has 1 saturated heterocycles. The lowest BCUT2D eigenvalue weighted by Gasteiger charge is -2.26. The Morgan fingerprint density at radius 3 is 2.33 bits per heavy atom. The molecule has 0 bridgehead atoms. The Balaban J connectivity index is 1.11. The highest BCUT2D eigenvalue weighted by Gasteiger charge is 2.11. The van der Waals surface area contributed by atoms with Crippen molar-refractivity contribution in [3.8, 4) is 0 Å². The van der Waals surface area contributed by atoms with Gasteiger partial charge in [-0.25, -0.2) is 9.78 Å². The zero-order valence-corrected chi connectivity index (χ0v) is 22.2. The first-order valence-corrected chi connectivity index (χ1v) is 13.6. The van der Waals surface area contributed by atoms with Gasteiger partial charge in [0.1, 0.15) is 0 Å². The van der Waals surface area contributed by atoms with Gasteiger partial charge in [0.2, 0.25) is 0 Å². The summed E-state index contributed by atoms with van der Waals surface area (Å²) in [5, 5.41) is 10.0. The number of carbonyl (C=O) groups is 1. The van der Waals surface area contributed by atoms with Gasteiger partial charge in [-0.1, -0.05) is 45.5 Å². The van der Waals surface area contributed by atoms with Crippen LogP contribution < -0.4 is 16.0 Å². The van der Waals surface area contributed by atoms with Crippen LogP contribution in [0, 0.1) is 0 Å². The van der Waals surface area contributed by atoms with Crippen molar-refractivity contribution in [2.24, 2.45) is 0 Å². The van der Waals surface area contributed by atoms with E-state index in [1.165, 1.54) is 10.3 Å². The van der Waals surface area contributed by atoms with Crippen molar-refractivity contribution in [2.75, 3.05) is 48.8 Å². The molecule has 1 aliphatic heterocycles. The van der Waals surface area contributed by atoms with E-state index in [2.05, 4.69) is 55.0 Å². The number of hydrogen-bond donors (Lipinski definition) is 3. The molecule has 9 heteroatoms. The second-order valence-electron chi connectivity index (χ2n) is 8.66. The fourth-order valence-electron chi connectivity index (χ4n) is 4.02. The minimum Gasteiger partial charge on any atom is -0.379 e. The number of nitrogens with zero attached hydrogens (tertiary/aromatic N) is 2. The van der Waals surface area contributed by atoms with Crippen molar-refractivity contribution in [2.45, 2.75) is 13.0 Å². The largest absolute Gasteiger partial charge is 0.379 e. The van der Waals surface area contributed by atoms with Crippen LogP contribution in [0.4, 0.5) is 21.3 Å². The first-order valence-electron chi connectivity index (χ1n) is 12.0. The number of benzene rings is 3. The van der Waals surface area contributed by atoms with Crippen LogP contribution in [0.15, 0.2) is 71.2 Å². The molecule has 5 rings (SSSR count). The maximum Gasteiger partial charge on any atom is 0.323 e. The monoisotopic (exact) mass is 565 g/mol. The lowest BCUT2D eigenvalue weighted by Crippen LogP contribution is -2.37. The Hall–Kier alpha value is -2.98. The van der Waals surface area contributed by atoms with Crippen molar-refractivity contribution in [1.29, 1.82) is 0 Å². The fraction of sp³-hybridized carbons (Fsp3) is 0.259. The molecule has 3 N–H and O–H groups in total. The van der Waals surface area contributed by atoms with E-state index in [-0.39, 0.29) is 6.03 Å². The number of hydrogen-bond acceptors (Lipinski definition) is 6. The molecule has 3 aromatic carbocycles. The van der Waals surface area contributed by atoms with E-state index in [1.807, 2.05) is 48.5 Å². The predicted molar refractivity (Wildman–Crippen MR) is 151 cm³/mol. The third-order valence-corrected chi connectivity index (χ3v) is 7.54. The molecule has 7 nitrogen and oxygen atoms in total. The average molecular weight is 567 g/mol. The number of morpholine rings is 1. The van der Waals surface area contributed by atoms with Gasteiger partial charge in [-0.3, -0.25) is 4.90 Å².